The molecule has 0 spiro atoms. The molecule has 2 saturated heterocycles. The highest BCUT2D eigenvalue weighted by atomic mass is 32.2. The molecule has 0 saturated carbocycles. The fourth-order valence-electron chi connectivity index (χ4n) is 2.39. The van der Waals surface area contributed by atoms with Crippen molar-refractivity contribution < 1.29 is 22.7 Å². The third kappa shape index (κ3) is 2.11. The van der Waals surface area contributed by atoms with Gasteiger partial charge in [-0.25, -0.2) is 18.1 Å². The van der Waals surface area contributed by atoms with Gasteiger partial charge in [-0.3, -0.25) is 4.79 Å². The highest BCUT2D eigenvalue weighted by Crippen LogP contribution is 2.27. The van der Waals surface area contributed by atoms with Gasteiger partial charge < -0.3 is 4.74 Å². The summed E-state index contributed by atoms with van der Waals surface area (Å²) in [7, 11) is -3.53. The third-order valence-electron chi connectivity index (χ3n) is 3.36. The van der Waals surface area contributed by atoms with Crippen LogP contribution in [0.3, 0.4) is 0 Å². The van der Waals surface area contributed by atoms with Gasteiger partial charge in [0.1, 0.15) is 4.21 Å². The van der Waals surface area contributed by atoms with Crippen LogP contribution in [0.25, 0.3) is 0 Å². The molecule has 9 heteroatoms. The Morgan fingerprint density at radius 1 is 1.35 bits per heavy atom. The largest absolute Gasteiger partial charge is 0.439 e. The Morgan fingerprint density at radius 2 is 2.15 bits per heavy atom. The van der Waals surface area contributed by atoms with E-state index in [2.05, 4.69) is 4.74 Å². The van der Waals surface area contributed by atoms with Gasteiger partial charge in [-0.05, 0) is 17.9 Å². The average Bonchev–Trinajstić information content (AvgIpc) is 3.10. The van der Waals surface area contributed by atoms with Crippen molar-refractivity contribution in [2.45, 2.75) is 16.7 Å². The molecule has 0 radical (unpaired) electrons. The molecule has 20 heavy (non-hydrogen) atoms. The minimum Gasteiger partial charge on any atom is -0.439 e. The van der Waals surface area contributed by atoms with Crippen LogP contribution < -0.4 is 0 Å². The van der Waals surface area contributed by atoms with Crippen molar-refractivity contribution in [1.29, 1.82) is 0 Å². The van der Waals surface area contributed by atoms with E-state index in [9.17, 15) is 18.0 Å². The molecule has 0 aliphatic carbocycles. The van der Waals surface area contributed by atoms with Gasteiger partial charge in [0.05, 0.1) is 6.04 Å². The number of hydrogen-bond donors (Lipinski definition) is 0. The molecule has 1 aromatic heterocycles. The quantitative estimate of drug-likeness (QED) is 0.810. The van der Waals surface area contributed by atoms with Crippen molar-refractivity contribution in [2.75, 3.05) is 19.7 Å². The van der Waals surface area contributed by atoms with Crippen LogP contribution in [-0.2, 0) is 19.6 Å². The van der Waals surface area contributed by atoms with Crippen LogP contribution >= 0.6 is 11.3 Å². The first-order chi connectivity index (χ1) is 9.50. The number of thiophene rings is 1. The van der Waals surface area contributed by atoms with E-state index in [0.29, 0.717) is 13.0 Å². The zero-order valence-corrected chi connectivity index (χ0v) is 12.0. The van der Waals surface area contributed by atoms with Gasteiger partial charge in [-0.2, -0.15) is 4.31 Å². The minimum atomic E-state index is -3.53. The third-order valence-corrected chi connectivity index (χ3v) is 6.60. The Balaban J connectivity index is 1.77. The first kappa shape index (κ1) is 13.5. The fourth-order valence-corrected chi connectivity index (χ4v) is 5.03. The predicted molar refractivity (Wildman–Crippen MR) is 69.7 cm³/mol. The van der Waals surface area contributed by atoms with Crippen molar-refractivity contribution in [3.05, 3.63) is 17.5 Å². The fraction of sp³-hybridized carbons (Fsp3) is 0.455. The maximum atomic E-state index is 12.3. The molecule has 0 bridgehead atoms. The van der Waals surface area contributed by atoms with Gasteiger partial charge >= 0.3 is 6.09 Å². The molecule has 2 aliphatic heterocycles. The highest BCUT2D eigenvalue weighted by Gasteiger charge is 2.43. The van der Waals surface area contributed by atoms with Crippen LogP contribution in [-0.4, -0.2) is 55.4 Å². The summed E-state index contributed by atoms with van der Waals surface area (Å²) < 4.78 is 30.9. The number of carbonyl (C=O) groups excluding carboxylic acids is 2. The van der Waals surface area contributed by atoms with E-state index in [0.717, 1.165) is 16.2 Å². The summed E-state index contributed by atoms with van der Waals surface area (Å²) in [6, 6.07) is 2.78. The van der Waals surface area contributed by atoms with E-state index in [1.165, 1.54) is 4.31 Å². The molecular weight excluding hydrogens is 304 g/mol. The van der Waals surface area contributed by atoms with E-state index in [4.69, 9.17) is 0 Å². The van der Waals surface area contributed by atoms with E-state index in [-0.39, 0.29) is 17.4 Å². The van der Waals surface area contributed by atoms with Crippen molar-refractivity contribution in [2.24, 2.45) is 0 Å². The van der Waals surface area contributed by atoms with E-state index in [1.54, 1.807) is 17.5 Å². The van der Waals surface area contributed by atoms with Gasteiger partial charge in [0.15, 0.2) is 6.61 Å². The number of rotatable bonds is 3. The monoisotopic (exact) mass is 316 g/mol. The SMILES string of the molecule is O=C1COC(=O)N1C1CCN(S(=O)(=O)c2cccs2)C1. The second kappa shape index (κ2) is 4.83. The molecular formula is C11H12N2O5S2. The minimum absolute atomic E-state index is 0.126. The number of amides is 2. The average molecular weight is 316 g/mol. The Hall–Kier alpha value is -1.45. The molecule has 0 aromatic carbocycles. The van der Waals surface area contributed by atoms with E-state index in [1.807, 2.05) is 0 Å². The summed E-state index contributed by atoms with van der Waals surface area (Å²) in [6.07, 6.45) is -0.249. The molecule has 1 atom stereocenters. The lowest BCUT2D eigenvalue weighted by Gasteiger charge is -2.19. The van der Waals surface area contributed by atoms with Crippen molar-refractivity contribution >= 4 is 33.4 Å². The lowest BCUT2D eigenvalue weighted by atomic mass is 10.2. The molecule has 1 unspecified atom stereocenters. The van der Waals surface area contributed by atoms with Crippen LogP contribution in [0.2, 0.25) is 0 Å². The molecule has 7 nitrogen and oxygen atoms in total. The summed E-state index contributed by atoms with van der Waals surface area (Å²) in [5.74, 6) is -0.407. The number of cyclic esters (lactones) is 1. The normalized spacial score (nSPS) is 24.4. The molecule has 2 amide bonds. The second-order valence-corrected chi connectivity index (χ2v) is 7.67. The number of carbonyl (C=O) groups is 2. The lowest BCUT2D eigenvalue weighted by molar-refractivity contribution is -0.127. The van der Waals surface area contributed by atoms with Crippen molar-refractivity contribution in [3.63, 3.8) is 0 Å². The van der Waals surface area contributed by atoms with Crippen LogP contribution in [0.5, 0.6) is 0 Å². The molecule has 3 heterocycles. The smallest absolute Gasteiger partial charge is 0.417 e. The summed E-state index contributed by atoms with van der Waals surface area (Å²) in [4.78, 5) is 24.1. The van der Waals surface area contributed by atoms with Crippen LogP contribution in [0.1, 0.15) is 6.42 Å². The second-order valence-electron chi connectivity index (χ2n) is 4.56. The summed E-state index contributed by atoms with van der Waals surface area (Å²) in [6.45, 7) is 0.163. The molecule has 1 aromatic rings. The summed E-state index contributed by atoms with van der Waals surface area (Å²) in [5.41, 5.74) is 0. The van der Waals surface area contributed by atoms with E-state index >= 15 is 0 Å². The van der Waals surface area contributed by atoms with E-state index < -0.39 is 28.1 Å². The predicted octanol–water partition coefficient (Wildman–Crippen LogP) is 0.490. The molecule has 2 fully saturated rings. The van der Waals surface area contributed by atoms with Crippen LogP contribution in [0.4, 0.5) is 4.79 Å². The van der Waals surface area contributed by atoms with Gasteiger partial charge in [-0.15, -0.1) is 11.3 Å². The standard InChI is InChI=1S/C11H12N2O5S2/c14-9-7-18-11(15)13(9)8-3-4-12(6-8)20(16,17)10-2-1-5-19-10/h1-2,5,8H,3-4,6-7H2. The summed E-state index contributed by atoms with van der Waals surface area (Å²) in [5, 5.41) is 1.70. The molecule has 2 aliphatic rings. The number of sulfonamides is 1. The van der Waals surface area contributed by atoms with Gasteiger partial charge in [-0.1, -0.05) is 6.07 Å². The lowest BCUT2D eigenvalue weighted by Crippen LogP contribution is -2.41. The zero-order valence-electron chi connectivity index (χ0n) is 10.4. The van der Waals surface area contributed by atoms with Crippen molar-refractivity contribution in [1.82, 2.24) is 9.21 Å². The Morgan fingerprint density at radius 3 is 2.75 bits per heavy atom. The Bertz CT molecular complexity index is 624. The van der Waals surface area contributed by atoms with Gasteiger partial charge in [0.25, 0.3) is 15.9 Å². The number of ether oxygens (including phenoxy) is 1. The Labute approximate surface area is 119 Å². The number of nitrogens with zero attached hydrogens (tertiary/aromatic N) is 2. The molecule has 0 N–H and O–H groups in total. The van der Waals surface area contributed by atoms with Crippen molar-refractivity contribution in [3.8, 4) is 0 Å². The molecule has 3 rings (SSSR count). The highest BCUT2D eigenvalue weighted by molar-refractivity contribution is 7.91. The number of hydrogen-bond acceptors (Lipinski definition) is 6. The van der Waals surface area contributed by atoms with Gasteiger partial charge in [0.2, 0.25) is 0 Å². The topological polar surface area (TPSA) is 84.0 Å². The van der Waals surface area contributed by atoms with Crippen LogP contribution in [0, 0.1) is 0 Å². The van der Waals surface area contributed by atoms with Gasteiger partial charge in [0, 0.05) is 13.1 Å². The first-order valence-electron chi connectivity index (χ1n) is 6.02. The maximum absolute atomic E-state index is 12.3. The zero-order chi connectivity index (χ0) is 14.3. The number of imide groups is 1. The first-order valence-corrected chi connectivity index (χ1v) is 8.34. The maximum Gasteiger partial charge on any atom is 0.417 e. The Kier molecular flexibility index (Phi) is 3.27. The van der Waals surface area contributed by atoms with Crippen LogP contribution in [0.15, 0.2) is 21.7 Å². The molecule has 108 valence electrons. The summed E-state index contributed by atoms with van der Waals surface area (Å²) >= 11 is 1.15.